The maximum absolute atomic E-state index is 12.4. The molecule has 0 fully saturated rings. The molecule has 0 amide bonds. The molecule has 23 heavy (non-hydrogen) atoms. The Morgan fingerprint density at radius 3 is 2.70 bits per heavy atom. The summed E-state index contributed by atoms with van der Waals surface area (Å²) < 4.78 is 10.2. The Morgan fingerprint density at radius 1 is 1.30 bits per heavy atom. The van der Waals surface area contributed by atoms with E-state index in [1.165, 1.54) is 0 Å². The van der Waals surface area contributed by atoms with Crippen molar-refractivity contribution in [2.24, 2.45) is 10.7 Å². The highest BCUT2D eigenvalue weighted by molar-refractivity contribution is 6.00. The van der Waals surface area contributed by atoms with Gasteiger partial charge in [0.1, 0.15) is 24.0 Å². The number of esters is 2. The zero-order valence-electron chi connectivity index (χ0n) is 13.0. The van der Waals surface area contributed by atoms with Gasteiger partial charge in [0.15, 0.2) is 12.1 Å². The van der Waals surface area contributed by atoms with Crippen molar-refractivity contribution in [3.63, 3.8) is 0 Å². The third-order valence-corrected chi connectivity index (χ3v) is 3.78. The third kappa shape index (κ3) is 2.37. The normalized spacial score (nSPS) is 24.9. The lowest BCUT2D eigenvalue weighted by Crippen LogP contribution is -2.62. The van der Waals surface area contributed by atoms with Gasteiger partial charge >= 0.3 is 11.9 Å². The number of rotatable bonds is 4. The third-order valence-electron chi connectivity index (χ3n) is 3.78. The molecule has 0 saturated heterocycles. The van der Waals surface area contributed by atoms with E-state index in [2.05, 4.69) is 10.3 Å². The van der Waals surface area contributed by atoms with E-state index in [-0.39, 0.29) is 13.2 Å². The van der Waals surface area contributed by atoms with Gasteiger partial charge < -0.3 is 30.3 Å². The molecule has 0 unspecified atom stereocenters. The molecule has 0 spiro atoms. The number of ether oxygens (including phenoxy) is 2. The minimum atomic E-state index is -0.927. The molecule has 124 valence electrons. The number of amidine groups is 1. The minimum Gasteiger partial charge on any atom is -0.464 e. The molecule has 0 aromatic rings. The fourth-order valence-corrected chi connectivity index (χ4v) is 2.83. The summed E-state index contributed by atoms with van der Waals surface area (Å²) in [7, 11) is 0. The Hall–Kier alpha value is -2.71. The maximum atomic E-state index is 12.4. The van der Waals surface area contributed by atoms with Gasteiger partial charge in [0.05, 0.1) is 13.2 Å². The zero-order valence-corrected chi connectivity index (χ0v) is 13.0. The zero-order chi connectivity index (χ0) is 16.6. The first-order valence-corrected chi connectivity index (χ1v) is 7.46. The highest BCUT2D eigenvalue weighted by atomic mass is 16.5. The van der Waals surface area contributed by atoms with Crippen LogP contribution >= 0.6 is 0 Å². The van der Waals surface area contributed by atoms with Gasteiger partial charge in [0.2, 0.25) is 0 Å². The van der Waals surface area contributed by atoms with Crippen LogP contribution in [0.3, 0.4) is 0 Å². The molecular formula is C14H19N5O4. The predicted octanol–water partition coefficient (Wildman–Crippen LogP) is -0.961. The van der Waals surface area contributed by atoms with Crippen LogP contribution in [0.15, 0.2) is 28.9 Å². The number of nitrogens with zero attached hydrogens (tertiary/aromatic N) is 3. The first kappa shape index (κ1) is 15.2. The quantitative estimate of drug-likeness (QED) is 0.637. The number of hydrogen-bond donors (Lipinski definition) is 2. The van der Waals surface area contributed by atoms with Crippen molar-refractivity contribution in [1.29, 1.82) is 0 Å². The summed E-state index contributed by atoms with van der Waals surface area (Å²) in [6.45, 7) is 4.22. The average molecular weight is 321 g/mol. The van der Waals surface area contributed by atoms with Crippen molar-refractivity contribution in [2.75, 3.05) is 19.9 Å². The van der Waals surface area contributed by atoms with Gasteiger partial charge in [-0.25, -0.2) is 14.6 Å². The number of nitrogens with two attached hydrogens (primary N) is 1. The second-order valence-corrected chi connectivity index (χ2v) is 5.13. The molecule has 9 heteroatoms. The first-order valence-electron chi connectivity index (χ1n) is 7.46. The van der Waals surface area contributed by atoms with Crippen LogP contribution < -0.4 is 11.1 Å². The van der Waals surface area contributed by atoms with Crippen LogP contribution in [0.1, 0.15) is 13.8 Å². The van der Waals surface area contributed by atoms with Crippen LogP contribution in [0.5, 0.6) is 0 Å². The summed E-state index contributed by atoms with van der Waals surface area (Å²) in [6, 6.07) is -1.79. The number of carbonyl (C=O) groups excluding carboxylic acids is 2. The molecule has 3 aliphatic heterocycles. The van der Waals surface area contributed by atoms with Crippen LogP contribution in [-0.4, -0.2) is 59.5 Å². The Bertz CT molecular complexity index is 627. The molecule has 3 rings (SSSR count). The Labute approximate surface area is 133 Å². The van der Waals surface area contributed by atoms with Crippen molar-refractivity contribution in [3.8, 4) is 0 Å². The topological polar surface area (TPSA) is 109 Å². The van der Waals surface area contributed by atoms with Crippen molar-refractivity contribution in [1.82, 2.24) is 15.1 Å². The van der Waals surface area contributed by atoms with Crippen molar-refractivity contribution >= 4 is 17.8 Å². The smallest absolute Gasteiger partial charge is 0.331 e. The molecule has 2 atom stereocenters. The standard InChI is InChI=1S/C14H19N5O4/c1-3-22-13(20)8-10(14(21)23-4-2)19-6-5-18-7-16-11(15)9(17-8)12(18)19/h5-6,8,10,17H,3-4,7H2,1-2H3,(H2,15,16)/t8-,10-/m0/s1. The molecule has 0 radical (unpaired) electrons. The summed E-state index contributed by atoms with van der Waals surface area (Å²) >= 11 is 0. The van der Waals surface area contributed by atoms with Crippen molar-refractivity contribution in [3.05, 3.63) is 23.9 Å². The minimum absolute atomic E-state index is 0.212. The summed E-state index contributed by atoms with van der Waals surface area (Å²) in [5, 5.41) is 3.01. The van der Waals surface area contributed by atoms with Crippen LogP contribution in [0.25, 0.3) is 0 Å². The summed E-state index contributed by atoms with van der Waals surface area (Å²) in [4.78, 5) is 32.4. The van der Waals surface area contributed by atoms with E-state index in [1.807, 2.05) is 4.90 Å². The summed E-state index contributed by atoms with van der Waals surface area (Å²) in [5.74, 6) is -0.0582. The van der Waals surface area contributed by atoms with E-state index in [0.717, 1.165) is 0 Å². The fraction of sp³-hybridized carbons (Fsp3) is 0.500. The molecule has 0 aromatic carbocycles. The summed E-state index contributed by atoms with van der Waals surface area (Å²) in [5.41, 5.74) is 6.45. The lowest BCUT2D eigenvalue weighted by molar-refractivity contribution is -0.158. The van der Waals surface area contributed by atoms with E-state index in [0.29, 0.717) is 24.0 Å². The molecule has 3 N–H and O–H groups in total. The number of carbonyl (C=O) groups is 2. The molecular weight excluding hydrogens is 302 g/mol. The molecule has 0 aromatic heterocycles. The SMILES string of the molecule is CCOC(=O)[C@H]1NC2=C3N(C=CN3[C@@H]1C(=O)OCC)CN=C2N. The first-order chi connectivity index (χ1) is 11.1. The molecule has 0 bridgehead atoms. The van der Waals surface area contributed by atoms with E-state index >= 15 is 0 Å². The van der Waals surface area contributed by atoms with Gasteiger partial charge in [0, 0.05) is 12.4 Å². The van der Waals surface area contributed by atoms with Crippen LogP contribution in [-0.2, 0) is 19.1 Å². The van der Waals surface area contributed by atoms with Gasteiger partial charge in [-0.2, -0.15) is 0 Å². The second kappa shape index (κ2) is 5.82. The van der Waals surface area contributed by atoms with Gasteiger partial charge in [-0.1, -0.05) is 0 Å². The number of nitrogens with one attached hydrogen (secondary N) is 1. The Balaban J connectivity index is 2.01. The van der Waals surface area contributed by atoms with E-state index in [1.54, 1.807) is 31.1 Å². The van der Waals surface area contributed by atoms with Crippen LogP contribution in [0, 0.1) is 0 Å². The highest BCUT2D eigenvalue weighted by Gasteiger charge is 2.49. The predicted molar refractivity (Wildman–Crippen MR) is 80.3 cm³/mol. The second-order valence-electron chi connectivity index (χ2n) is 5.13. The molecule has 0 aliphatic carbocycles. The van der Waals surface area contributed by atoms with Crippen LogP contribution in [0.2, 0.25) is 0 Å². The van der Waals surface area contributed by atoms with Gasteiger partial charge in [-0.05, 0) is 13.8 Å². The average Bonchev–Trinajstić information content (AvgIpc) is 2.95. The molecule has 3 heterocycles. The van der Waals surface area contributed by atoms with Gasteiger partial charge in [-0.3, -0.25) is 0 Å². The van der Waals surface area contributed by atoms with Crippen LogP contribution in [0.4, 0.5) is 0 Å². The molecule has 3 aliphatic rings. The lowest BCUT2D eigenvalue weighted by atomic mass is 10.0. The fourth-order valence-electron chi connectivity index (χ4n) is 2.83. The summed E-state index contributed by atoms with van der Waals surface area (Å²) in [6.07, 6.45) is 3.50. The number of aliphatic imine (C=N–C) groups is 1. The van der Waals surface area contributed by atoms with Crippen molar-refractivity contribution in [2.45, 2.75) is 25.9 Å². The van der Waals surface area contributed by atoms with Crippen molar-refractivity contribution < 1.29 is 19.1 Å². The van der Waals surface area contributed by atoms with Gasteiger partial charge in [0.25, 0.3) is 0 Å². The highest BCUT2D eigenvalue weighted by Crippen LogP contribution is 2.32. The Morgan fingerprint density at radius 2 is 2.00 bits per heavy atom. The number of hydrogen-bond acceptors (Lipinski definition) is 9. The van der Waals surface area contributed by atoms with E-state index in [4.69, 9.17) is 15.2 Å². The molecule has 0 saturated carbocycles. The Kier molecular flexibility index (Phi) is 3.85. The molecule has 9 nitrogen and oxygen atoms in total. The maximum Gasteiger partial charge on any atom is 0.331 e. The lowest BCUT2D eigenvalue weighted by Gasteiger charge is -2.41. The van der Waals surface area contributed by atoms with E-state index in [9.17, 15) is 9.59 Å². The van der Waals surface area contributed by atoms with E-state index < -0.39 is 24.0 Å². The monoisotopic (exact) mass is 321 g/mol. The van der Waals surface area contributed by atoms with Gasteiger partial charge in [-0.15, -0.1) is 0 Å². The largest absolute Gasteiger partial charge is 0.464 e.